The number of thiophene rings is 1. The summed E-state index contributed by atoms with van der Waals surface area (Å²) in [6, 6.07) is 9.26. The molecule has 1 N–H and O–H groups in total. The molecule has 0 unspecified atom stereocenters. The van der Waals surface area contributed by atoms with Gasteiger partial charge in [0.15, 0.2) is 0 Å². The van der Waals surface area contributed by atoms with E-state index in [1.54, 1.807) is 17.4 Å². The van der Waals surface area contributed by atoms with Crippen molar-refractivity contribution >= 4 is 33.0 Å². The molecule has 1 aromatic heterocycles. The molecule has 0 fully saturated rings. The summed E-state index contributed by atoms with van der Waals surface area (Å²) in [6.45, 7) is 3.44. The first-order chi connectivity index (χ1) is 9.08. The predicted molar refractivity (Wildman–Crippen MR) is 80.4 cm³/mol. The highest BCUT2D eigenvalue weighted by molar-refractivity contribution is 9.10. The van der Waals surface area contributed by atoms with Gasteiger partial charge in [0, 0.05) is 28.9 Å². The largest absolute Gasteiger partial charge is 0.308 e. The van der Waals surface area contributed by atoms with Crippen molar-refractivity contribution in [3.05, 3.63) is 60.2 Å². The summed E-state index contributed by atoms with van der Waals surface area (Å²) in [6.07, 6.45) is 0. The number of nitro groups is 1. The molecule has 1 heterocycles. The van der Waals surface area contributed by atoms with Crippen LogP contribution >= 0.6 is 27.3 Å². The third-order valence-electron chi connectivity index (χ3n) is 2.67. The second-order valence-electron chi connectivity index (χ2n) is 4.12. The van der Waals surface area contributed by atoms with Gasteiger partial charge >= 0.3 is 0 Å². The normalized spacial score (nSPS) is 10.6. The molecule has 100 valence electrons. The van der Waals surface area contributed by atoms with Gasteiger partial charge in [-0.2, -0.15) is 0 Å². The summed E-state index contributed by atoms with van der Waals surface area (Å²) in [5, 5.41) is 14.1. The Balaban J connectivity index is 2.00. The molecule has 4 nitrogen and oxygen atoms in total. The van der Waals surface area contributed by atoms with Crippen LogP contribution < -0.4 is 5.32 Å². The highest BCUT2D eigenvalue weighted by atomic mass is 79.9. The molecular formula is C13H13BrN2O2S. The molecule has 6 heteroatoms. The van der Waals surface area contributed by atoms with Crippen LogP contribution in [-0.2, 0) is 13.1 Å². The highest BCUT2D eigenvalue weighted by Crippen LogP contribution is 2.28. The van der Waals surface area contributed by atoms with E-state index in [2.05, 4.69) is 40.3 Å². The number of halogens is 1. The number of hydrogen-bond acceptors (Lipinski definition) is 4. The van der Waals surface area contributed by atoms with E-state index in [9.17, 15) is 10.1 Å². The smallest absolute Gasteiger partial charge is 0.283 e. The molecule has 0 saturated heterocycles. The molecule has 0 amide bonds. The average Bonchev–Trinajstić information content (AvgIpc) is 2.77. The maximum Gasteiger partial charge on any atom is 0.283 e. The van der Waals surface area contributed by atoms with E-state index in [0.717, 1.165) is 12.1 Å². The Morgan fingerprint density at radius 2 is 2.11 bits per heavy atom. The Morgan fingerprint density at radius 1 is 1.32 bits per heavy atom. The van der Waals surface area contributed by atoms with Gasteiger partial charge in [-0.05, 0) is 40.5 Å². The summed E-state index contributed by atoms with van der Waals surface area (Å²) in [5.74, 6) is 0. The molecule has 0 aliphatic carbocycles. The molecule has 0 atom stereocenters. The lowest BCUT2D eigenvalue weighted by Gasteiger charge is -2.06. The number of benzene rings is 1. The lowest BCUT2D eigenvalue weighted by Crippen LogP contribution is -2.12. The molecular weight excluding hydrogens is 328 g/mol. The van der Waals surface area contributed by atoms with Crippen LogP contribution in [0.25, 0.3) is 0 Å². The maximum atomic E-state index is 10.8. The second kappa shape index (κ2) is 6.27. The summed E-state index contributed by atoms with van der Waals surface area (Å²) < 4.78 is 0.551. The van der Waals surface area contributed by atoms with Crippen molar-refractivity contribution in [1.82, 2.24) is 5.32 Å². The van der Waals surface area contributed by atoms with Crippen LogP contribution in [0.1, 0.15) is 15.3 Å². The first-order valence-electron chi connectivity index (χ1n) is 5.75. The summed E-state index contributed by atoms with van der Waals surface area (Å²) in [4.78, 5) is 13.0. The topological polar surface area (TPSA) is 55.2 Å². The first kappa shape index (κ1) is 14.2. The monoisotopic (exact) mass is 340 g/mol. The summed E-state index contributed by atoms with van der Waals surface area (Å²) in [7, 11) is 0. The molecule has 0 saturated carbocycles. The van der Waals surface area contributed by atoms with Crippen LogP contribution in [0.3, 0.4) is 0 Å². The van der Waals surface area contributed by atoms with Gasteiger partial charge in [-0.15, -0.1) is 11.3 Å². The van der Waals surface area contributed by atoms with Crippen LogP contribution in [0.4, 0.5) is 5.69 Å². The SMILES string of the molecule is Cc1ccc(CNCc2cccc([N+](=O)[O-])c2Br)s1. The van der Waals surface area contributed by atoms with Gasteiger partial charge in [-0.3, -0.25) is 10.1 Å². The van der Waals surface area contributed by atoms with Crippen LogP contribution in [0.5, 0.6) is 0 Å². The van der Waals surface area contributed by atoms with E-state index >= 15 is 0 Å². The Labute approximate surface area is 123 Å². The second-order valence-corrected chi connectivity index (χ2v) is 6.29. The molecule has 0 spiro atoms. The molecule has 0 aliphatic heterocycles. The molecule has 1 aromatic carbocycles. The van der Waals surface area contributed by atoms with Gasteiger partial charge in [0.2, 0.25) is 0 Å². The highest BCUT2D eigenvalue weighted by Gasteiger charge is 2.14. The van der Waals surface area contributed by atoms with Crippen molar-refractivity contribution in [2.75, 3.05) is 0 Å². The zero-order valence-electron chi connectivity index (χ0n) is 10.4. The maximum absolute atomic E-state index is 10.8. The van der Waals surface area contributed by atoms with E-state index in [0.29, 0.717) is 11.0 Å². The standard InChI is InChI=1S/C13H13BrN2O2S/c1-9-5-6-11(19-9)8-15-7-10-3-2-4-12(13(10)14)16(17)18/h2-6,15H,7-8H2,1H3. The number of nitro benzene ring substituents is 1. The summed E-state index contributed by atoms with van der Waals surface area (Å²) >= 11 is 5.05. The van der Waals surface area contributed by atoms with Crippen LogP contribution in [0.15, 0.2) is 34.8 Å². The van der Waals surface area contributed by atoms with Gasteiger partial charge in [-0.1, -0.05) is 12.1 Å². The average molecular weight is 341 g/mol. The lowest BCUT2D eigenvalue weighted by molar-refractivity contribution is -0.385. The zero-order valence-corrected chi connectivity index (χ0v) is 12.8. The van der Waals surface area contributed by atoms with Crippen LogP contribution in [0, 0.1) is 17.0 Å². The van der Waals surface area contributed by atoms with E-state index < -0.39 is 0 Å². The molecule has 2 rings (SSSR count). The number of nitrogens with one attached hydrogen (secondary N) is 1. The van der Waals surface area contributed by atoms with Gasteiger partial charge in [0.1, 0.15) is 0 Å². The third kappa shape index (κ3) is 3.62. The van der Waals surface area contributed by atoms with Gasteiger partial charge in [0.25, 0.3) is 5.69 Å². The fourth-order valence-electron chi connectivity index (χ4n) is 1.74. The Morgan fingerprint density at radius 3 is 2.74 bits per heavy atom. The fraction of sp³-hybridized carbons (Fsp3) is 0.231. The number of aryl methyl sites for hydroxylation is 1. The molecule has 2 aromatic rings. The molecule has 19 heavy (non-hydrogen) atoms. The predicted octanol–water partition coefficient (Wildman–Crippen LogP) is 4.02. The third-order valence-corrected chi connectivity index (χ3v) is 4.58. The lowest BCUT2D eigenvalue weighted by atomic mass is 10.2. The van der Waals surface area contributed by atoms with Crippen molar-refractivity contribution in [3.63, 3.8) is 0 Å². The Hall–Kier alpha value is -1.24. The number of hydrogen-bond donors (Lipinski definition) is 1. The van der Waals surface area contributed by atoms with Crippen molar-refractivity contribution in [3.8, 4) is 0 Å². The van der Waals surface area contributed by atoms with Crippen molar-refractivity contribution in [1.29, 1.82) is 0 Å². The number of nitrogens with zero attached hydrogens (tertiary/aromatic N) is 1. The van der Waals surface area contributed by atoms with E-state index in [1.807, 2.05) is 6.07 Å². The van der Waals surface area contributed by atoms with Crippen molar-refractivity contribution in [2.24, 2.45) is 0 Å². The molecule has 0 radical (unpaired) electrons. The minimum absolute atomic E-state index is 0.103. The van der Waals surface area contributed by atoms with Crippen molar-refractivity contribution in [2.45, 2.75) is 20.0 Å². The number of rotatable bonds is 5. The van der Waals surface area contributed by atoms with E-state index in [4.69, 9.17) is 0 Å². The molecule has 0 bridgehead atoms. The van der Waals surface area contributed by atoms with Gasteiger partial charge in [0.05, 0.1) is 9.40 Å². The van der Waals surface area contributed by atoms with Gasteiger partial charge < -0.3 is 5.32 Å². The van der Waals surface area contributed by atoms with E-state index in [-0.39, 0.29) is 10.6 Å². The zero-order chi connectivity index (χ0) is 13.8. The van der Waals surface area contributed by atoms with E-state index in [1.165, 1.54) is 15.8 Å². The minimum atomic E-state index is -0.379. The fourth-order valence-corrected chi connectivity index (χ4v) is 3.15. The van der Waals surface area contributed by atoms with Crippen LogP contribution in [0.2, 0.25) is 0 Å². The Bertz CT molecular complexity index is 598. The van der Waals surface area contributed by atoms with Gasteiger partial charge in [-0.25, -0.2) is 0 Å². The Kier molecular flexibility index (Phi) is 4.68. The molecule has 0 aliphatic rings. The van der Waals surface area contributed by atoms with Crippen molar-refractivity contribution < 1.29 is 4.92 Å². The quantitative estimate of drug-likeness (QED) is 0.660. The minimum Gasteiger partial charge on any atom is -0.308 e. The van der Waals surface area contributed by atoms with Crippen LogP contribution in [-0.4, -0.2) is 4.92 Å². The summed E-state index contributed by atoms with van der Waals surface area (Å²) in [5.41, 5.74) is 0.994. The first-order valence-corrected chi connectivity index (χ1v) is 7.36.